The molecule has 0 spiro atoms. The summed E-state index contributed by atoms with van der Waals surface area (Å²) in [6, 6.07) is 3.65. The number of carboxylic acid groups (broad SMARTS) is 1. The Labute approximate surface area is 149 Å². The van der Waals surface area contributed by atoms with Crippen LogP contribution in [-0.2, 0) is 6.54 Å². The average molecular weight is 360 g/mol. The average Bonchev–Trinajstić information content (AvgIpc) is 2.94. The molecule has 7 nitrogen and oxygen atoms in total. The molecule has 3 heterocycles. The van der Waals surface area contributed by atoms with Gasteiger partial charge >= 0.3 is 5.97 Å². The Morgan fingerprint density at radius 3 is 2.56 bits per heavy atom. The number of nitrogens with one attached hydrogen (secondary N) is 1. The molecule has 2 N–H and O–H groups in total. The highest BCUT2D eigenvalue weighted by Gasteiger charge is 2.13. The van der Waals surface area contributed by atoms with Crippen molar-refractivity contribution in [2.24, 2.45) is 0 Å². The number of hydrogen-bond acceptors (Lipinski definition) is 6. The van der Waals surface area contributed by atoms with Crippen molar-refractivity contribution in [1.29, 1.82) is 0 Å². The molecule has 132 valence electrons. The predicted octanol–water partition coefficient (Wildman–Crippen LogP) is 2.55. The molecule has 1 amide bonds. The number of carbonyl (C=O) groups is 2. The molecule has 1 aliphatic heterocycles. The van der Waals surface area contributed by atoms with E-state index in [0.29, 0.717) is 10.6 Å². The van der Waals surface area contributed by atoms with Crippen LogP contribution in [0.1, 0.15) is 51.5 Å². The molecular weight excluding hydrogens is 340 g/mol. The number of aromatic carboxylic acids is 1. The van der Waals surface area contributed by atoms with E-state index in [4.69, 9.17) is 5.11 Å². The Balaban J connectivity index is 1.57. The molecule has 0 atom stereocenters. The van der Waals surface area contributed by atoms with Gasteiger partial charge in [0.05, 0.1) is 12.1 Å². The molecule has 0 bridgehead atoms. The molecule has 1 saturated heterocycles. The summed E-state index contributed by atoms with van der Waals surface area (Å²) in [6.07, 6.45) is 6.46. The number of hydrogen-bond donors (Lipinski definition) is 2. The van der Waals surface area contributed by atoms with Gasteiger partial charge < -0.3 is 15.3 Å². The summed E-state index contributed by atoms with van der Waals surface area (Å²) in [5, 5.41) is 13.6. The quantitative estimate of drug-likeness (QED) is 0.851. The van der Waals surface area contributed by atoms with E-state index in [1.807, 2.05) is 6.07 Å². The van der Waals surface area contributed by atoms with Crippen molar-refractivity contribution < 1.29 is 14.7 Å². The fourth-order valence-electron chi connectivity index (χ4n) is 2.76. The second-order valence-corrected chi connectivity index (χ2v) is 6.86. The van der Waals surface area contributed by atoms with Crippen LogP contribution in [0, 0.1) is 0 Å². The first kappa shape index (κ1) is 17.3. The summed E-state index contributed by atoms with van der Waals surface area (Å²) in [7, 11) is 0. The maximum atomic E-state index is 12.2. The van der Waals surface area contributed by atoms with E-state index in [1.165, 1.54) is 42.4 Å². The summed E-state index contributed by atoms with van der Waals surface area (Å²) in [5.41, 5.74) is 0.478. The fraction of sp³-hybridized carbons (Fsp3) is 0.412. The summed E-state index contributed by atoms with van der Waals surface area (Å²) >= 11 is 1.21. The minimum atomic E-state index is -1.07. The number of nitrogens with zero attached hydrogens (tertiary/aromatic N) is 3. The minimum absolute atomic E-state index is 0.00211. The summed E-state index contributed by atoms with van der Waals surface area (Å²) < 4.78 is 0. The number of thiazole rings is 1. The zero-order valence-corrected chi connectivity index (χ0v) is 14.6. The molecule has 0 saturated carbocycles. The van der Waals surface area contributed by atoms with E-state index in [1.54, 1.807) is 12.3 Å². The van der Waals surface area contributed by atoms with E-state index >= 15 is 0 Å². The first-order chi connectivity index (χ1) is 12.1. The van der Waals surface area contributed by atoms with Crippen molar-refractivity contribution in [2.45, 2.75) is 32.2 Å². The van der Waals surface area contributed by atoms with Gasteiger partial charge in [-0.15, -0.1) is 11.3 Å². The van der Waals surface area contributed by atoms with E-state index < -0.39 is 5.97 Å². The Hall–Kier alpha value is -2.48. The normalized spacial score (nSPS) is 14.8. The molecule has 2 aromatic heterocycles. The third-order valence-corrected chi connectivity index (χ3v) is 4.96. The summed E-state index contributed by atoms with van der Waals surface area (Å²) in [5.74, 6) is -0.409. The van der Waals surface area contributed by atoms with Crippen molar-refractivity contribution >= 4 is 29.0 Å². The molecule has 0 radical (unpaired) electrons. The fourth-order valence-corrected chi connectivity index (χ4v) is 3.46. The van der Waals surface area contributed by atoms with Crippen LogP contribution < -0.4 is 10.2 Å². The molecule has 2 aromatic rings. The van der Waals surface area contributed by atoms with E-state index in [9.17, 15) is 9.59 Å². The molecule has 8 heteroatoms. The summed E-state index contributed by atoms with van der Waals surface area (Å²) in [6.45, 7) is 2.22. The van der Waals surface area contributed by atoms with Gasteiger partial charge in [-0.3, -0.25) is 4.79 Å². The standard InChI is InChI=1S/C17H20N4O3S/c22-16(19-10-15-20-13(11-25-15)17(23)24)12-5-6-14(18-9-12)21-7-3-1-2-4-8-21/h5-6,9,11H,1-4,7-8,10H2,(H,19,22)(H,23,24). The Morgan fingerprint density at radius 1 is 1.20 bits per heavy atom. The maximum absolute atomic E-state index is 12.2. The second-order valence-electron chi connectivity index (χ2n) is 5.92. The monoisotopic (exact) mass is 360 g/mol. The van der Waals surface area contributed by atoms with Gasteiger partial charge in [-0.05, 0) is 25.0 Å². The highest BCUT2D eigenvalue weighted by molar-refractivity contribution is 7.09. The van der Waals surface area contributed by atoms with Gasteiger partial charge in [-0.1, -0.05) is 12.8 Å². The lowest BCUT2D eigenvalue weighted by Gasteiger charge is -2.21. The van der Waals surface area contributed by atoms with Gasteiger partial charge in [-0.25, -0.2) is 14.8 Å². The highest BCUT2D eigenvalue weighted by Crippen LogP contribution is 2.17. The molecule has 1 aliphatic rings. The second kappa shape index (κ2) is 8.06. The van der Waals surface area contributed by atoms with Crippen molar-refractivity contribution in [2.75, 3.05) is 18.0 Å². The summed E-state index contributed by atoms with van der Waals surface area (Å²) in [4.78, 5) is 33.6. The number of aromatic nitrogens is 2. The van der Waals surface area contributed by atoms with Crippen LogP contribution in [0.25, 0.3) is 0 Å². The van der Waals surface area contributed by atoms with Gasteiger partial charge in [0, 0.05) is 24.7 Å². The third kappa shape index (κ3) is 4.54. The van der Waals surface area contributed by atoms with Gasteiger partial charge in [-0.2, -0.15) is 0 Å². The van der Waals surface area contributed by atoms with Crippen molar-refractivity contribution in [1.82, 2.24) is 15.3 Å². The Bertz CT molecular complexity index is 737. The Kier molecular flexibility index (Phi) is 5.60. The van der Waals surface area contributed by atoms with Crippen LogP contribution in [-0.4, -0.2) is 40.0 Å². The zero-order chi connectivity index (χ0) is 17.6. The number of carboxylic acids is 1. The van der Waals surface area contributed by atoms with Crippen molar-refractivity contribution in [3.63, 3.8) is 0 Å². The number of pyridine rings is 1. The van der Waals surface area contributed by atoms with Crippen molar-refractivity contribution in [3.8, 4) is 0 Å². The van der Waals surface area contributed by atoms with Crippen LogP contribution in [0.5, 0.6) is 0 Å². The highest BCUT2D eigenvalue weighted by atomic mass is 32.1. The molecule has 25 heavy (non-hydrogen) atoms. The number of amides is 1. The van der Waals surface area contributed by atoms with Crippen LogP contribution in [0.3, 0.4) is 0 Å². The van der Waals surface area contributed by atoms with Gasteiger partial charge in [0.1, 0.15) is 10.8 Å². The van der Waals surface area contributed by atoms with Crippen LogP contribution in [0.2, 0.25) is 0 Å². The van der Waals surface area contributed by atoms with Gasteiger partial charge in [0.15, 0.2) is 5.69 Å². The lowest BCUT2D eigenvalue weighted by Crippen LogP contribution is -2.26. The lowest BCUT2D eigenvalue weighted by atomic mass is 10.2. The van der Waals surface area contributed by atoms with E-state index in [0.717, 1.165) is 18.9 Å². The van der Waals surface area contributed by atoms with E-state index in [-0.39, 0.29) is 18.1 Å². The molecule has 0 aromatic carbocycles. The lowest BCUT2D eigenvalue weighted by molar-refractivity contribution is 0.0691. The maximum Gasteiger partial charge on any atom is 0.355 e. The number of anilines is 1. The molecule has 0 aliphatic carbocycles. The first-order valence-corrected chi connectivity index (χ1v) is 9.18. The third-order valence-electron chi connectivity index (χ3n) is 4.11. The van der Waals surface area contributed by atoms with Crippen LogP contribution in [0.4, 0.5) is 5.82 Å². The first-order valence-electron chi connectivity index (χ1n) is 8.30. The molecule has 1 fully saturated rings. The van der Waals surface area contributed by atoms with Crippen LogP contribution in [0.15, 0.2) is 23.7 Å². The number of rotatable bonds is 5. The largest absolute Gasteiger partial charge is 0.476 e. The SMILES string of the molecule is O=C(NCc1nc(C(=O)O)cs1)c1ccc(N2CCCCCC2)nc1. The van der Waals surface area contributed by atoms with Gasteiger partial charge in [0.25, 0.3) is 5.91 Å². The molecular formula is C17H20N4O3S. The van der Waals surface area contributed by atoms with Crippen LogP contribution >= 0.6 is 11.3 Å². The molecule has 0 unspecified atom stereocenters. The smallest absolute Gasteiger partial charge is 0.355 e. The van der Waals surface area contributed by atoms with Crippen molar-refractivity contribution in [3.05, 3.63) is 40.0 Å². The topological polar surface area (TPSA) is 95.4 Å². The minimum Gasteiger partial charge on any atom is -0.476 e. The predicted molar refractivity (Wildman–Crippen MR) is 95.2 cm³/mol. The number of carbonyl (C=O) groups excluding carboxylic acids is 1. The zero-order valence-electron chi connectivity index (χ0n) is 13.8. The van der Waals surface area contributed by atoms with E-state index in [2.05, 4.69) is 20.2 Å². The molecule has 3 rings (SSSR count). The Morgan fingerprint density at radius 2 is 1.96 bits per heavy atom. The van der Waals surface area contributed by atoms with Gasteiger partial charge in [0.2, 0.25) is 0 Å².